The number of hydrogen-bond acceptors (Lipinski definition) is 6. The zero-order chi connectivity index (χ0) is 22.8. The van der Waals surface area contributed by atoms with Gasteiger partial charge in [-0.05, 0) is 74.8 Å². The molecule has 0 radical (unpaired) electrons. The molecule has 3 N–H and O–H groups in total. The van der Waals surface area contributed by atoms with Gasteiger partial charge >= 0.3 is 0 Å². The lowest BCUT2D eigenvalue weighted by Crippen LogP contribution is -2.53. The summed E-state index contributed by atoms with van der Waals surface area (Å²) in [5, 5.41) is 1.94. The zero-order valence-corrected chi connectivity index (χ0v) is 19.0. The number of nitrogens with one attached hydrogen (secondary N) is 3. The summed E-state index contributed by atoms with van der Waals surface area (Å²) in [6.07, 6.45) is 6.12. The fraction of sp³-hybridized carbons (Fsp3) is 0.520. The minimum absolute atomic E-state index is 0.0220. The molecular formula is C25H32FN5O2. The molecule has 1 aromatic heterocycles. The second-order valence-electron chi connectivity index (χ2n) is 9.51. The summed E-state index contributed by atoms with van der Waals surface area (Å²) in [5.41, 5.74) is 12.2. The summed E-state index contributed by atoms with van der Waals surface area (Å²) in [6.45, 7) is 3.34. The first-order valence-electron chi connectivity index (χ1n) is 12.0. The normalized spacial score (nSPS) is 29.9. The van der Waals surface area contributed by atoms with E-state index in [1.165, 1.54) is 11.6 Å². The average molecular weight is 454 g/mol. The Morgan fingerprint density at radius 1 is 1.21 bits per heavy atom. The highest BCUT2D eigenvalue weighted by Gasteiger charge is 2.43. The van der Waals surface area contributed by atoms with Crippen LogP contribution in [0.4, 0.5) is 4.39 Å². The zero-order valence-electron chi connectivity index (χ0n) is 19.0. The van der Waals surface area contributed by atoms with Crippen molar-refractivity contribution in [3.63, 3.8) is 0 Å². The molecule has 5 atom stereocenters. The molecule has 2 aliphatic heterocycles. The highest BCUT2D eigenvalue weighted by Crippen LogP contribution is 2.40. The van der Waals surface area contributed by atoms with Crippen LogP contribution in [0.2, 0.25) is 0 Å². The number of benzene rings is 1. The van der Waals surface area contributed by atoms with E-state index in [2.05, 4.69) is 33.4 Å². The van der Waals surface area contributed by atoms with Gasteiger partial charge in [0, 0.05) is 30.4 Å². The number of aryl methyl sites for hydroxylation is 1. The lowest BCUT2D eigenvalue weighted by Gasteiger charge is -2.36. The van der Waals surface area contributed by atoms with E-state index in [-0.39, 0.29) is 35.5 Å². The molecular weight excluding hydrogens is 421 g/mol. The van der Waals surface area contributed by atoms with Crippen LogP contribution in [0.15, 0.2) is 42.6 Å². The van der Waals surface area contributed by atoms with Gasteiger partial charge in [-0.15, -0.1) is 0 Å². The minimum Gasteiger partial charge on any atom is -0.486 e. The number of pyridine rings is 1. The molecule has 2 saturated heterocycles. The van der Waals surface area contributed by atoms with E-state index in [0.717, 1.165) is 44.3 Å². The largest absolute Gasteiger partial charge is 0.486 e. The number of aromatic nitrogens is 1. The quantitative estimate of drug-likeness (QED) is 0.646. The summed E-state index contributed by atoms with van der Waals surface area (Å²) in [7, 11) is 0. The summed E-state index contributed by atoms with van der Waals surface area (Å²) in [6, 6.07) is 11.2. The van der Waals surface area contributed by atoms with E-state index in [1.54, 1.807) is 18.2 Å². The van der Waals surface area contributed by atoms with Crippen LogP contribution in [-0.4, -0.2) is 41.1 Å². The number of rotatable bonds is 5. The van der Waals surface area contributed by atoms with Crippen LogP contribution >= 0.6 is 0 Å². The Kier molecular flexibility index (Phi) is 6.57. The Balaban J connectivity index is 1.18. The molecule has 2 aromatic rings. The molecule has 3 heterocycles. The average Bonchev–Trinajstić information content (AvgIpc) is 3.24. The van der Waals surface area contributed by atoms with Crippen LogP contribution in [0, 0.1) is 24.6 Å². The van der Waals surface area contributed by atoms with Gasteiger partial charge in [-0.2, -0.15) is 0 Å². The fourth-order valence-corrected chi connectivity index (χ4v) is 5.49. The van der Waals surface area contributed by atoms with Crippen molar-refractivity contribution >= 4 is 5.91 Å². The number of piperidine rings is 1. The van der Waals surface area contributed by atoms with Crippen LogP contribution in [0.25, 0.3) is 0 Å². The summed E-state index contributed by atoms with van der Waals surface area (Å²) >= 11 is 0. The second-order valence-corrected chi connectivity index (χ2v) is 9.51. The lowest BCUT2D eigenvalue weighted by atomic mass is 9.74. The van der Waals surface area contributed by atoms with E-state index >= 15 is 0 Å². The maximum absolute atomic E-state index is 14.0. The number of para-hydroxylation sites is 1. The Hall–Kier alpha value is -2.55. The van der Waals surface area contributed by atoms with Gasteiger partial charge in [0.1, 0.15) is 6.10 Å². The Morgan fingerprint density at radius 3 is 2.94 bits per heavy atom. The van der Waals surface area contributed by atoms with E-state index in [1.807, 2.05) is 18.1 Å². The van der Waals surface area contributed by atoms with Crippen LogP contribution in [0.1, 0.15) is 49.4 Å². The van der Waals surface area contributed by atoms with E-state index in [0.29, 0.717) is 18.5 Å². The standard InChI is InChI=1S/C25H32FN5O2/c1-16-13-17(10-11-27-16)24-20-14-18(8-9-22(20)28-29-24)25(32)30-31-12-4-5-19(15-31)33-23-7-3-2-6-21(23)26/h2-3,6-7,10-11,13,18-20,22,24,28-29H,4-5,8-9,12,14-15H2,1H3,(H,30,32). The lowest BCUT2D eigenvalue weighted by molar-refractivity contribution is -0.132. The molecule has 1 saturated carbocycles. The number of fused-ring (bicyclic) bond motifs is 1. The number of halogens is 1. The SMILES string of the molecule is Cc1cc(C2NNC3CCC(C(=O)NN4CCCC(Oc5ccccc5F)C4)CC32)ccn1. The van der Waals surface area contributed by atoms with E-state index < -0.39 is 0 Å². The first-order chi connectivity index (χ1) is 16.1. The topological polar surface area (TPSA) is 78.5 Å². The summed E-state index contributed by atoms with van der Waals surface area (Å²) < 4.78 is 19.8. The molecule has 0 bridgehead atoms. The monoisotopic (exact) mass is 453 g/mol. The molecule has 5 unspecified atom stereocenters. The van der Waals surface area contributed by atoms with Crippen LogP contribution in [-0.2, 0) is 4.79 Å². The molecule has 1 aromatic carbocycles. The Labute approximate surface area is 194 Å². The van der Waals surface area contributed by atoms with Gasteiger partial charge in [0.05, 0.1) is 12.6 Å². The molecule has 176 valence electrons. The van der Waals surface area contributed by atoms with Crippen LogP contribution in [0.5, 0.6) is 5.75 Å². The third-order valence-corrected chi connectivity index (χ3v) is 7.18. The van der Waals surface area contributed by atoms with Crippen LogP contribution < -0.4 is 21.0 Å². The molecule has 8 heteroatoms. The van der Waals surface area contributed by atoms with Gasteiger partial charge in [0.25, 0.3) is 0 Å². The van der Waals surface area contributed by atoms with Gasteiger partial charge in [-0.25, -0.2) is 14.8 Å². The van der Waals surface area contributed by atoms with Gasteiger partial charge in [0.2, 0.25) is 5.91 Å². The molecule has 3 fully saturated rings. The molecule has 0 spiro atoms. The first kappa shape index (κ1) is 22.3. The number of carbonyl (C=O) groups is 1. The van der Waals surface area contributed by atoms with Crippen molar-refractivity contribution in [1.29, 1.82) is 0 Å². The third-order valence-electron chi connectivity index (χ3n) is 7.18. The van der Waals surface area contributed by atoms with E-state index in [4.69, 9.17) is 4.74 Å². The second kappa shape index (κ2) is 9.75. The number of hydrazine groups is 2. The third kappa shape index (κ3) is 5.03. The van der Waals surface area contributed by atoms with Crippen molar-refractivity contribution in [1.82, 2.24) is 26.3 Å². The molecule has 1 aliphatic carbocycles. The number of nitrogens with zero attached hydrogens (tertiary/aromatic N) is 2. The van der Waals surface area contributed by atoms with Crippen molar-refractivity contribution in [3.05, 3.63) is 59.7 Å². The highest BCUT2D eigenvalue weighted by molar-refractivity contribution is 5.78. The maximum Gasteiger partial charge on any atom is 0.237 e. The Morgan fingerprint density at radius 2 is 2.09 bits per heavy atom. The maximum atomic E-state index is 14.0. The molecule has 5 rings (SSSR count). The number of hydrogen-bond donors (Lipinski definition) is 3. The van der Waals surface area contributed by atoms with Crippen molar-refractivity contribution in [2.45, 2.75) is 57.2 Å². The van der Waals surface area contributed by atoms with Crippen molar-refractivity contribution < 1.29 is 13.9 Å². The minimum atomic E-state index is -0.354. The molecule has 33 heavy (non-hydrogen) atoms. The van der Waals surface area contributed by atoms with Gasteiger partial charge in [0.15, 0.2) is 11.6 Å². The molecule has 1 amide bonds. The van der Waals surface area contributed by atoms with Crippen molar-refractivity contribution in [3.8, 4) is 5.75 Å². The number of amides is 1. The predicted octanol–water partition coefficient (Wildman–Crippen LogP) is 3.04. The van der Waals surface area contributed by atoms with E-state index in [9.17, 15) is 9.18 Å². The number of ether oxygens (including phenoxy) is 1. The fourth-order valence-electron chi connectivity index (χ4n) is 5.49. The molecule has 7 nitrogen and oxygen atoms in total. The van der Waals surface area contributed by atoms with Crippen molar-refractivity contribution in [2.75, 3.05) is 13.1 Å². The first-order valence-corrected chi connectivity index (χ1v) is 12.0. The summed E-state index contributed by atoms with van der Waals surface area (Å²) in [5.74, 6) is 0.332. The smallest absolute Gasteiger partial charge is 0.237 e. The van der Waals surface area contributed by atoms with Gasteiger partial charge in [-0.3, -0.25) is 20.6 Å². The van der Waals surface area contributed by atoms with Crippen LogP contribution in [0.3, 0.4) is 0 Å². The number of carbonyl (C=O) groups excluding carboxylic acids is 1. The summed E-state index contributed by atoms with van der Waals surface area (Å²) in [4.78, 5) is 17.5. The van der Waals surface area contributed by atoms with Gasteiger partial charge < -0.3 is 4.74 Å². The van der Waals surface area contributed by atoms with Crippen molar-refractivity contribution in [2.24, 2.45) is 11.8 Å². The molecule has 3 aliphatic rings. The predicted molar refractivity (Wildman–Crippen MR) is 122 cm³/mol. The highest BCUT2D eigenvalue weighted by atomic mass is 19.1. The Bertz CT molecular complexity index is 989. The van der Waals surface area contributed by atoms with Gasteiger partial charge in [-0.1, -0.05) is 12.1 Å².